The maximum Gasteiger partial charge on any atom is 0.220 e. The zero-order valence-electron chi connectivity index (χ0n) is 9.08. The molecule has 5 nitrogen and oxygen atoms in total. The van der Waals surface area contributed by atoms with E-state index >= 15 is 0 Å². The summed E-state index contributed by atoms with van der Waals surface area (Å²) in [6.45, 7) is 7.25. The van der Waals surface area contributed by atoms with E-state index in [1.54, 1.807) is 0 Å². The van der Waals surface area contributed by atoms with E-state index in [9.17, 15) is 4.79 Å². The highest BCUT2D eigenvalue weighted by Gasteiger charge is 2.11. The molecule has 0 saturated heterocycles. The van der Waals surface area contributed by atoms with Gasteiger partial charge in [-0.2, -0.15) is 0 Å². The van der Waals surface area contributed by atoms with Gasteiger partial charge in [-0.05, 0) is 17.4 Å². The molecule has 0 radical (unpaired) electrons. The van der Waals surface area contributed by atoms with Gasteiger partial charge in [0, 0.05) is 24.4 Å². The SMILES string of the molecule is CC(C)(C)CNC(=O)CCCN=[N+]=[N-]. The van der Waals surface area contributed by atoms with E-state index in [4.69, 9.17) is 5.53 Å². The second-order valence-electron chi connectivity index (χ2n) is 4.40. The smallest absolute Gasteiger partial charge is 0.220 e. The maximum absolute atomic E-state index is 11.2. The van der Waals surface area contributed by atoms with E-state index in [0.717, 1.165) is 0 Å². The summed E-state index contributed by atoms with van der Waals surface area (Å²) >= 11 is 0. The second-order valence-corrected chi connectivity index (χ2v) is 4.40. The van der Waals surface area contributed by atoms with Crippen LogP contribution >= 0.6 is 0 Å². The number of hydrogen-bond donors (Lipinski definition) is 1. The van der Waals surface area contributed by atoms with Crippen LogP contribution < -0.4 is 5.32 Å². The minimum atomic E-state index is 0.0214. The number of nitrogens with zero attached hydrogens (tertiary/aromatic N) is 3. The molecule has 0 rings (SSSR count). The van der Waals surface area contributed by atoms with Gasteiger partial charge in [-0.25, -0.2) is 0 Å². The van der Waals surface area contributed by atoms with E-state index in [0.29, 0.717) is 25.9 Å². The molecule has 80 valence electrons. The monoisotopic (exact) mass is 198 g/mol. The molecule has 0 saturated carbocycles. The first-order valence-electron chi connectivity index (χ1n) is 4.73. The summed E-state index contributed by atoms with van der Waals surface area (Å²) in [5, 5.41) is 6.18. The van der Waals surface area contributed by atoms with Crippen molar-refractivity contribution in [3.63, 3.8) is 0 Å². The standard InChI is InChI=1S/C9H18N4O/c1-9(2,3)7-11-8(14)5-4-6-12-13-10/h4-7H2,1-3H3,(H,11,14). The van der Waals surface area contributed by atoms with Crippen LogP contribution in [0, 0.1) is 5.41 Å². The fraction of sp³-hybridized carbons (Fsp3) is 0.889. The summed E-state index contributed by atoms with van der Waals surface area (Å²) in [5.74, 6) is 0.0214. The molecule has 14 heavy (non-hydrogen) atoms. The van der Waals surface area contributed by atoms with Crippen LogP contribution in [0.2, 0.25) is 0 Å². The van der Waals surface area contributed by atoms with Crippen LogP contribution in [0.4, 0.5) is 0 Å². The van der Waals surface area contributed by atoms with Gasteiger partial charge in [-0.3, -0.25) is 4.79 Å². The first-order valence-corrected chi connectivity index (χ1v) is 4.73. The van der Waals surface area contributed by atoms with Crippen molar-refractivity contribution in [2.24, 2.45) is 10.5 Å². The van der Waals surface area contributed by atoms with Crippen molar-refractivity contribution in [2.45, 2.75) is 33.6 Å². The lowest BCUT2D eigenvalue weighted by Crippen LogP contribution is -2.32. The van der Waals surface area contributed by atoms with E-state index in [1.165, 1.54) is 0 Å². The quantitative estimate of drug-likeness (QED) is 0.312. The minimum Gasteiger partial charge on any atom is -0.356 e. The predicted molar refractivity (Wildman–Crippen MR) is 55.7 cm³/mol. The zero-order chi connectivity index (χ0) is 11.0. The molecule has 0 atom stereocenters. The molecule has 1 N–H and O–H groups in total. The van der Waals surface area contributed by atoms with Gasteiger partial charge in [-0.15, -0.1) is 0 Å². The van der Waals surface area contributed by atoms with Gasteiger partial charge in [0.15, 0.2) is 0 Å². The fourth-order valence-electron chi connectivity index (χ4n) is 0.807. The molecular formula is C9H18N4O. The van der Waals surface area contributed by atoms with Crippen LogP contribution in [-0.4, -0.2) is 19.0 Å². The third kappa shape index (κ3) is 8.87. The number of carbonyl (C=O) groups excluding carboxylic acids is 1. The molecule has 0 aliphatic carbocycles. The van der Waals surface area contributed by atoms with Gasteiger partial charge in [0.2, 0.25) is 5.91 Å². The number of hydrogen-bond acceptors (Lipinski definition) is 2. The van der Waals surface area contributed by atoms with E-state index in [2.05, 4.69) is 36.1 Å². The molecule has 0 bridgehead atoms. The van der Waals surface area contributed by atoms with Crippen molar-refractivity contribution in [2.75, 3.05) is 13.1 Å². The third-order valence-electron chi connectivity index (χ3n) is 1.54. The highest BCUT2D eigenvalue weighted by Crippen LogP contribution is 2.10. The summed E-state index contributed by atoms with van der Waals surface area (Å²) in [6, 6.07) is 0. The number of rotatable bonds is 5. The summed E-state index contributed by atoms with van der Waals surface area (Å²) in [6.07, 6.45) is 1.04. The van der Waals surface area contributed by atoms with Gasteiger partial charge in [0.05, 0.1) is 0 Å². The average molecular weight is 198 g/mol. The maximum atomic E-state index is 11.2. The lowest BCUT2D eigenvalue weighted by Gasteiger charge is -2.18. The van der Waals surface area contributed by atoms with Crippen LogP contribution in [0.15, 0.2) is 5.11 Å². The second kappa shape index (κ2) is 6.27. The Hall–Kier alpha value is -1.22. The predicted octanol–water partition coefficient (Wildman–Crippen LogP) is 2.24. The van der Waals surface area contributed by atoms with Gasteiger partial charge in [0.1, 0.15) is 0 Å². The Morgan fingerprint density at radius 1 is 1.50 bits per heavy atom. The van der Waals surface area contributed by atoms with Crippen molar-refractivity contribution in [3.8, 4) is 0 Å². The van der Waals surface area contributed by atoms with Gasteiger partial charge in [-0.1, -0.05) is 25.9 Å². The van der Waals surface area contributed by atoms with Crippen molar-refractivity contribution in [1.29, 1.82) is 0 Å². The van der Waals surface area contributed by atoms with Crippen LogP contribution in [0.3, 0.4) is 0 Å². The molecular weight excluding hydrogens is 180 g/mol. The Labute approximate surface area is 84.5 Å². The average Bonchev–Trinajstić information content (AvgIpc) is 2.08. The van der Waals surface area contributed by atoms with Gasteiger partial charge >= 0.3 is 0 Å². The normalized spacial score (nSPS) is 10.5. The van der Waals surface area contributed by atoms with Crippen molar-refractivity contribution in [3.05, 3.63) is 10.4 Å². The number of azide groups is 1. The Morgan fingerprint density at radius 2 is 2.14 bits per heavy atom. The van der Waals surface area contributed by atoms with E-state index in [-0.39, 0.29) is 11.3 Å². The molecule has 0 aliphatic rings. The largest absolute Gasteiger partial charge is 0.356 e. The van der Waals surface area contributed by atoms with Crippen LogP contribution in [-0.2, 0) is 4.79 Å². The molecule has 0 unspecified atom stereocenters. The van der Waals surface area contributed by atoms with Crippen LogP contribution in [0.1, 0.15) is 33.6 Å². The highest BCUT2D eigenvalue weighted by molar-refractivity contribution is 5.75. The number of carbonyl (C=O) groups is 1. The fourth-order valence-corrected chi connectivity index (χ4v) is 0.807. The Balaban J connectivity index is 3.51. The topological polar surface area (TPSA) is 77.9 Å². The molecule has 0 spiro atoms. The van der Waals surface area contributed by atoms with Crippen molar-refractivity contribution >= 4 is 5.91 Å². The third-order valence-corrected chi connectivity index (χ3v) is 1.54. The molecule has 5 heteroatoms. The highest BCUT2D eigenvalue weighted by atomic mass is 16.1. The van der Waals surface area contributed by atoms with Gasteiger partial charge in [0.25, 0.3) is 0 Å². The summed E-state index contributed by atoms with van der Waals surface area (Å²) in [4.78, 5) is 13.8. The first kappa shape index (κ1) is 12.8. The number of amides is 1. The molecule has 0 aromatic heterocycles. The minimum absolute atomic E-state index is 0.0214. The summed E-state index contributed by atoms with van der Waals surface area (Å²) in [7, 11) is 0. The Kier molecular flexibility index (Phi) is 5.72. The molecule has 0 aromatic carbocycles. The van der Waals surface area contributed by atoms with E-state index in [1.807, 2.05) is 0 Å². The summed E-state index contributed by atoms with van der Waals surface area (Å²) < 4.78 is 0. The first-order chi connectivity index (χ1) is 6.45. The molecule has 0 aliphatic heterocycles. The molecule has 0 heterocycles. The number of nitrogens with one attached hydrogen (secondary N) is 1. The zero-order valence-corrected chi connectivity index (χ0v) is 9.08. The Morgan fingerprint density at radius 3 is 2.64 bits per heavy atom. The van der Waals surface area contributed by atoms with Crippen LogP contribution in [0.25, 0.3) is 10.4 Å². The molecule has 0 aromatic rings. The summed E-state index contributed by atoms with van der Waals surface area (Å²) in [5.41, 5.74) is 8.11. The van der Waals surface area contributed by atoms with Gasteiger partial charge < -0.3 is 5.32 Å². The Bertz CT molecular complexity index is 225. The van der Waals surface area contributed by atoms with Crippen molar-refractivity contribution in [1.82, 2.24) is 5.32 Å². The van der Waals surface area contributed by atoms with Crippen LogP contribution in [0.5, 0.6) is 0 Å². The molecule has 1 amide bonds. The lowest BCUT2D eigenvalue weighted by molar-refractivity contribution is -0.121. The lowest BCUT2D eigenvalue weighted by atomic mass is 9.97. The van der Waals surface area contributed by atoms with Crippen molar-refractivity contribution < 1.29 is 4.79 Å². The molecule has 0 fully saturated rings. The van der Waals surface area contributed by atoms with E-state index < -0.39 is 0 Å².